The van der Waals surface area contributed by atoms with Gasteiger partial charge in [0.25, 0.3) is 0 Å². The Balaban J connectivity index is 2.04. The molecule has 114 valence electrons. The average Bonchev–Trinajstić information content (AvgIpc) is 2.85. The fourth-order valence-electron chi connectivity index (χ4n) is 2.13. The van der Waals surface area contributed by atoms with Crippen LogP contribution in [0.4, 0.5) is 5.82 Å². The van der Waals surface area contributed by atoms with Gasteiger partial charge in [-0.2, -0.15) is 0 Å². The van der Waals surface area contributed by atoms with Gasteiger partial charge in [0.05, 0.1) is 12.3 Å². The summed E-state index contributed by atoms with van der Waals surface area (Å²) in [6.45, 7) is 0.916. The first-order chi connectivity index (χ1) is 10.7. The Morgan fingerprint density at radius 2 is 2.18 bits per heavy atom. The minimum Gasteiger partial charge on any atom is -0.491 e. The predicted molar refractivity (Wildman–Crippen MR) is 81.3 cm³/mol. The maximum Gasteiger partial charge on any atom is 0.332 e. The largest absolute Gasteiger partial charge is 0.491 e. The summed E-state index contributed by atoms with van der Waals surface area (Å²) in [5.41, 5.74) is 6.88. The highest BCUT2D eigenvalue weighted by Gasteiger charge is 2.13. The van der Waals surface area contributed by atoms with Gasteiger partial charge in [-0.05, 0) is 12.1 Å². The van der Waals surface area contributed by atoms with E-state index in [0.717, 1.165) is 0 Å². The third kappa shape index (κ3) is 2.51. The number of anilines is 1. The third-order valence-corrected chi connectivity index (χ3v) is 3.14. The second-order valence-corrected chi connectivity index (χ2v) is 4.56. The quantitative estimate of drug-likeness (QED) is 0.672. The number of ether oxygens (including phenoxy) is 2. The zero-order valence-corrected chi connectivity index (χ0v) is 11.9. The number of nitrogens with zero attached hydrogens (tertiary/aromatic N) is 3. The van der Waals surface area contributed by atoms with Crippen LogP contribution in [0.1, 0.15) is 0 Å². The summed E-state index contributed by atoms with van der Waals surface area (Å²) in [5, 5.41) is 0. The number of rotatable bonds is 5. The van der Waals surface area contributed by atoms with Crippen LogP contribution in [0.5, 0.6) is 5.75 Å². The van der Waals surface area contributed by atoms with Crippen LogP contribution in [0.3, 0.4) is 0 Å². The lowest BCUT2D eigenvalue weighted by molar-refractivity contribution is 0.146. The number of benzene rings is 1. The van der Waals surface area contributed by atoms with Gasteiger partial charge in [0.2, 0.25) is 0 Å². The zero-order chi connectivity index (χ0) is 15.5. The summed E-state index contributed by atoms with van der Waals surface area (Å²) in [7, 11) is 1.61. The van der Waals surface area contributed by atoms with Crippen molar-refractivity contribution >= 4 is 17.0 Å². The molecule has 0 atom stereocenters. The number of nitrogens with one attached hydrogen (secondary N) is 1. The van der Waals surface area contributed by atoms with Crippen molar-refractivity contribution in [2.45, 2.75) is 0 Å². The molecular formula is C14H15N5O3. The molecule has 0 radical (unpaired) electrons. The minimum atomic E-state index is -0.337. The molecule has 8 heteroatoms. The van der Waals surface area contributed by atoms with E-state index in [1.54, 1.807) is 25.3 Å². The van der Waals surface area contributed by atoms with Gasteiger partial charge in [-0.3, -0.25) is 0 Å². The number of H-pyrrole nitrogens is 1. The van der Waals surface area contributed by atoms with Crippen LogP contribution < -0.4 is 16.2 Å². The minimum absolute atomic E-state index is 0.230. The predicted octanol–water partition coefficient (Wildman–Crippen LogP) is 0.716. The highest BCUT2D eigenvalue weighted by Crippen LogP contribution is 2.20. The standard InChI is InChI=1S/C14H15N5O3/c1-21-5-6-22-10-4-2-3-9(7-10)19-13-11(18-14(19)20)12(15)16-8-17-13/h2-4,7-8H,5-6H2,1H3,(H,18,20)(H2,15,16,17). The molecule has 3 aromatic rings. The summed E-state index contributed by atoms with van der Waals surface area (Å²) >= 11 is 0. The Morgan fingerprint density at radius 1 is 1.32 bits per heavy atom. The van der Waals surface area contributed by atoms with E-state index in [-0.39, 0.29) is 11.5 Å². The van der Waals surface area contributed by atoms with E-state index in [1.165, 1.54) is 10.9 Å². The summed E-state index contributed by atoms with van der Waals surface area (Å²) in [5.74, 6) is 0.867. The highest BCUT2D eigenvalue weighted by atomic mass is 16.5. The third-order valence-electron chi connectivity index (χ3n) is 3.14. The van der Waals surface area contributed by atoms with Gasteiger partial charge >= 0.3 is 5.69 Å². The Kier molecular flexibility index (Phi) is 3.75. The van der Waals surface area contributed by atoms with E-state index >= 15 is 0 Å². The number of aromatic amines is 1. The molecule has 2 heterocycles. The monoisotopic (exact) mass is 301 g/mol. The van der Waals surface area contributed by atoms with Crippen molar-refractivity contribution in [3.05, 3.63) is 41.1 Å². The molecule has 0 saturated heterocycles. The van der Waals surface area contributed by atoms with Crippen LogP contribution in [0.15, 0.2) is 35.4 Å². The van der Waals surface area contributed by atoms with Crippen molar-refractivity contribution in [1.82, 2.24) is 19.5 Å². The number of nitrogens with two attached hydrogens (primary N) is 1. The number of hydrogen-bond donors (Lipinski definition) is 2. The number of fused-ring (bicyclic) bond motifs is 1. The normalized spacial score (nSPS) is 11.0. The van der Waals surface area contributed by atoms with Crippen molar-refractivity contribution in [3.63, 3.8) is 0 Å². The molecule has 2 aromatic heterocycles. The zero-order valence-electron chi connectivity index (χ0n) is 11.9. The van der Waals surface area contributed by atoms with E-state index < -0.39 is 0 Å². The van der Waals surface area contributed by atoms with Gasteiger partial charge in [-0.25, -0.2) is 19.3 Å². The first-order valence-corrected chi connectivity index (χ1v) is 6.64. The van der Waals surface area contributed by atoms with Gasteiger partial charge < -0.3 is 20.2 Å². The van der Waals surface area contributed by atoms with Gasteiger partial charge in [0, 0.05) is 13.2 Å². The SMILES string of the molecule is COCCOc1cccc(-n2c(=O)[nH]c3c(N)ncnc32)c1. The average molecular weight is 301 g/mol. The highest BCUT2D eigenvalue weighted by molar-refractivity contribution is 5.82. The lowest BCUT2D eigenvalue weighted by atomic mass is 10.3. The van der Waals surface area contributed by atoms with Crippen molar-refractivity contribution in [3.8, 4) is 11.4 Å². The van der Waals surface area contributed by atoms with E-state index in [0.29, 0.717) is 35.8 Å². The van der Waals surface area contributed by atoms with Crippen LogP contribution in [0, 0.1) is 0 Å². The summed E-state index contributed by atoms with van der Waals surface area (Å²) in [4.78, 5) is 22.8. The second-order valence-electron chi connectivity index (χ2n) is 4.56. The molecule has 0 spiro atoms. The lowest BCUT2D eigenvalue weighted by Crippen LogP contribution is -2.15. The molecule has 0 amide bonds. The lowest BCUT2D eigenvalue weighted by Gasteiger charge is -2.08. The number of aromatic nitrogens is 4. The van der Waals surface area contributed by atoms with Crippen molar-refractivity contribution in [1.29, 1.82) is 0 Å². The molecular weight excluding hydrogens is 286 g/mol. The Morgan fingerprint density at radius 3 is 3.00 bits per heavy atom. The second kappa shape index (κ2) is 5.86. The Bertz CT molecular complexity index is 855. The number of nitrogen functional groups attached to an aromatic ring is 1. The molecule has 8 nitrogen and oxygen atoms in total. The maximum absolute atomic E-state index is 12.2. The maximum atomic E-state index is 12.2. The van der Waals surface area contributed by atoms with E-state index in [2.05, 4.69) is 15.0 Å². The summed E-state index contributed by atoms with van der Waals surface area (Å²) < 4.78 is 11.9. The first kappa shape index (κ1) is 14.1. The molecule has 0 aliphatic heterocycles. The fourth-order valence-corrected chi connectivity index (χ4v) is 2.13. The Labute approximate surface area is 125 Å². The number of imidazole rings is 1. The molecule has 0 unspecified atom stereocenters. The van der Waals surface area contributed by atoms with Gasteiger partial charge in [0.15, 0.2) is 11.5 Å². The smallest absolute Gasteiger partial charge is 0.332 e. The van der Waals surface area contributed by atoms with Crippen LogP contribution >= 0.6 is 0 Å². The molecule has 0 aliphatic carbocycles. The molecule has 0 fully saturated rings. The van der Waals surface area contributed by atoms with Crippen molar-refractivity contribution in [2.75, 3.05) is 26.1 Å². The summed E-state index contributed by atoms with van der Waals surface area (Å²) in [6.07, 6.45) is 1.32. The fraction of sp³-hybridized carbons (Fsp3) is 0.214. The first-order valence-electron chi connectivity index (χ1n) is 6.64. The van der Waals surface area contributed by atoms with Gasteiger partial charge in [-0.1, -0.05) is 6.07 Å². The molecule has 22 heavy (non-hydrogen) atoms. The van der Waals surface area contributed by atoms with Crippen LogP contribution in [0.2, 0.25) is 0 Å². The molecule has 3 N–H and O–H groups in total. The number of hydrogen-bond acceptors (Lipinski definition) is 6. The van der Waals surface area contributed by atoms with Crippen molar-refractivity contribution < 1.29 is 9.47 Å². The Hall–Kier alpha value is -2.87. The van der Waals surface area contributed by atoms with E-state index in [9.17, 15) is 4.79 Å². The molecule has 0 bridgehead atoms. The van der Waals surface area contributed by atoms with Crippen molar-refractivity contribution in [2.24, 2.45) is 0 Å². The number of methoxy groups -OCH3 is 1. The molecule has 0 saturated carbocycles. The van der Waals surface area contributed by atoms with Crippen LogP contribution in [0.25, 0.3) is 16.9 Å². The molecule has 3 rings (SSSR count). The van der Waals surface area contributed by atoms with Crippen LogP contribution in [-0.4, -0.2) is 39.8 Å². The van der Waals surface area contributed by atoms with Gasteiger partial charge in [-0.15, -0.1) is 0 Å². The van der Waals surface area contributed by atoms with Crippen LogP contribution in [-0.2, 0) is 4.74 Å². The summed E-state index contributed by atoms with van der Waals surface area (Å²) in [6, 6.07) is 7.15. The van der Waals surface area contributed by atoms with E-state index in [1.807, 2.05) is 6.07 Å². The topological polar surface area (TPSA) is 108 Å². The van der Waals surface area contributed by atoms with Gasteiger partial charge in [0.1, 0.15) is 24.2 Å². The molecule has 1 aromatic carbocycles. The van der Waals surface area contributed by atoms with E-state index in [4.69, 9.17) is 15.2 Å². The molecule has 0 aliphatic rings.